The molecule has 0 unspecified atom stereocenters. The molecule has 0 saturated carbocycles. The molecule has 1 aromatic rings. The molecule has 0 aliphatic rings. The van der Waals surface area contributed by atoms with Crippen molar-refractivity contribution in [3.63, 3.8) is 0 Å². The van der Waals surface area contributed by atoms with Gasteiger partial charge in [0.1, 0.15) is 0 Å². The molecular weight excluding hydrogens is 164 g/mol. The summed E-state index contributed by atoms with van der Waals surface area (Å²) in [6.07, 6.45) is 1.06. The number of aryl methyl sites for hydroxylation is 1. The first-order chi connectivity index (χ1) is 5.52. The van der Waals surface area contributed by atoms with Crippen molar-refractivity contribution in [1.82, 2.24) is 4.98 Å². The second kappa shape index (κ2) is 2.61. The van der Waals surface area contributed by atoms with E-state index in [1.807, 2.05) is 0 Å². The van der Waals surface area contributed by atoms with Crippen LogP contribution in [0, 0.1) is 10.1 Å². The average molecular weight is 171 g/mol. The van der Waals surface area contributed by atoms with Crippen molar-refractivity contribution in [3.05, 3.63) is 26.8 Å². The lowest BCUT2D eigenvalue weighted by Gasteiger charge is -1.91. The fraction of sp³-hybridized carbons (Fsp3) is 0.200. The van der Waals surface area contributed by atoms with Gasteiger partial charge in [0.05, 0.1) is 12.0 Å². The second-order valence-electron chi connectivity index (χ2n) is 2.23. The smallest absolute Gasteiger partial charge is 0.360 e. The summed E-state index contributed by atoms with van der Waals surface area (Å²) in [7, 11) is 1.39. The maximum absolute atomic E-state index is 10.8. The predicted molar refractivity (Wildman–Crippen MR) is 39.3 cm³/mol. The van der Waals surface area contributed by atoms with Crippen LogP contribution in [0.25, 0.3) is 0 Å². The fourth-order valence-corrected chi connectivity index (χ4v) is 0.725. The van der Waals surface area contributed by atoms with Crippen LogP contribution in [0.2, 0.25) is 0 Å². The van der Waals surface area contributed by atoms with E-state index in [0.717, 1.165) is 10.8 Å². The van der Waals surface area contributed by atoms with Gasteiger partial charge in [-0.25, -0.2) is 0 Å². The Hall–Kier alpha value is -1.92. The van der Waals surface area contributed by atoms with Crippen LogP contribution < -0.4 is 16.0 Å². The molecule has 0 aliphatic heterocycles. The summed E-state index contributed by atoms with van der Waals surface area (Å²) in [5, 5.41) is 10.3. The van der Waals surface area contributed by atoms with Gasteiger partial charge in [-0.1, -0.05) is 0 Å². The number of nitrogen functional groups attached to an aromatic ring is 1. The molecule has 3 N–H and O–H groups in total. The molecule has 7 heteroatoms. The minimum absolute atomic E-state index is 0.233. The van der Waals surface area contributed by atoms with Crippen LogP contribution in [0.4, 0.5) is 11.5 Å². The number of nitrogens with zero attached hydrogens (tertiary/aromatic N) is 2. The number of hydrogen-bond acceptors (Lipinski definition) is 4. The van der Waals surface area contributed by atoms with Gasteiger partial charge in [0.25, 0.3) is 5.82 Å². The van der Waals surface area contributed by atoms with E-state index in [4.69, 9.17) is 5.73 Å². The molecule has 0 aliphatic carbocycles. The lowest BCUT2D eigenvalue weighted by Crippen LogP contribution is -2.47. The van der Waals surface area contributed by atoms with Crippen LogP contribution in [0.15, 0.2) is 11.0 Å². The second-order valence-corrected chi connectivity index (χ2v) is 2.23. The molecule has 0 atom stereocenters. The lowest BCUT2D eigenvalue weighted by atomic mass is 10.5. The van der Waals surface area contributed by atoms with E-state index in [2.05, 4.69) is 4.98 Å². The van der Waals surface area contributed by atoms with Crippen molar-refractivity contribution in [3.8, 4) is 0 Å². The van der Waals surface area contributed by atoms with Gasteiger partial charge in [0.15, 0.2) is 6.20 Å². The largest absolute Gasteiger partial charge is 0.497 e. The van der Waals surface area contributed by atoms with E-state index >= 15 is 0 Å². The van der Waals surface area contributed by atoms with E-state index < -0.39 is 10.6 Å². The summed E-state index contributed by atoms with van der Waals surface area (Å²) in [4.78, 5) is 22.6. The Balaban J connectivity index is 3.43. The number of hydrogen-bond donors (Lipinski definition) is 2. The maximum Gasteiger partial charge on any atom is 0.497 e. The minimum atomic E-state index is -0.661. The Bertz CT molecular complexity index is 383. The topological polar surface area (TPSA) is 106 Å². The Kier molecular flexibility index (Phi) is 1.78. The molecule has 1 heterocycles. The maximum atomic E-state index is 10.8. The molecule has 0 spiro atoms. The molecule has 0 saturated heterocycles. The number of H-pyrrole nitrogens is 1. The van der Waals surface area contributed by atoms with Crippen LogP contribution >= 0.6 is 0 Å². The van der Waals surface area contributed by atoms with Crippen LogP contribution in [0.3, 0.4) is 0 Å². The Morgan fingerprint density at radius 1 is 1.75 bits per heavy atom. The Morgan fingerprint density at radius 3 is 2.83 bits per heavy atom. The standard InChI is InChI=1S/C5H6N4O3/c1-8-2-3(9(11)12)4(6)7-5(8)10/h2H,1H3,(H2,6,7,10)/p+1. The van der Waals surface area contributed by atoms with Gasteiger partial charge in [0, 0.05) is 0 Å². The van der Waals surface area contributed by atoms with Crippen molar-refractivity contribution in [1.29, 1.82) is 0 Å². The monoisotopic (exact) mass is 171 g/mol. The van der Waals surface area contributed by atoms with E-state index in [-0.39, 0.29) is 11.5 Å². The van der Waals surface area contributed by atoms with Gasteiger partial charge in [0.2, 0.25) is 0 Å². The first-order valence-corrected chi connectivity index (χ1v) is 3.05. The molecule has 0 radical (unpaired) electrons. The minimum Gasteiger partial charge on any atom is -0.360 e. The summed E-state index contributed by atoms with van der Waals surface area (Å²) in [6.45, 7) is 0. The number of anilines is 1. The Morgan fingerprint density at radius 2 is 2.33 bits per heavy atom. The highest BCUT2D eigenvalue weighted by Crippen LogP contribution is 2.12. The highest BCUT2D eigenvalue weighted by molar-refractivity contribution is 5.47. The molecule has 0 fully saturated rings. The SMILES string of the molecule is C[n+]1cc([N+](=O)[O-])c(N)[nH]c1=O. The van der Waals surface area contributed by atoms with Gasteiger partial charge in [-0.15, -0.1) is 0 Å². The van der Waals surface area contributed by atoms with Crippen molar-refractivity contribution in [2.75, 3.05) is 5.73 Å². The zero-order chi connectivity index (χ0) is 9.30. The summed E-state index contributed by atoms with van der Waals surface area (Å²) >= 11 is 0. The summed E-state index contributed by atoms with van der Waals surface area (Å²) in [5.74, 6) is -0.233. The van der Waals surface area contributed by atoms with E-state index in [1.165, 1.54) is 7.05 Å². The molecular formula is C5H7N4O3+. The van der Waals surface area contributed by atoms with Gasteiger partial charge >= 0.3 is 11.4 Å². The molecule has 1 aromatic heterocycles. The van der Waals surface area contributed by atoms with E-state index in [9.17, 15) is 14.9 Å². The first-order valence-electron chi connectivity index (χ1n) is 3.05. The van der Waals surface area contributed by atoms with E-state index in [0.29, 0.717) is 0 Å². The highest BCUT2D eigenvalue weighted by Gasteiger charge is 2.18. The average Bonchev–Trinajstić information content (AvgIpc) is 1.96. The molecule has 64 valence electrons. The molecule has 0 amide bonds. The van der Waals surface area contributed by atoms with Crippen molar-refractivity contribution < 1.29 is 9.49 Å². The molecule has 0 bridgehead atoms. The zero-order valence-electron chi connectivity index (χ0n) is 6.27. The van der Waals surface area contributed by atoms with Gasteiger partial charge in [-0.3, -0.25) is 10.1 Å². The molecule has 1 rings (SSSR count). The zero-order valence-corrected chi connectivity index (χ0v) is 6.27. The summed E-state index contributed by atoms with van der Waals surface area (Å²) in [5.41, 5.74) is 4.38. The highest BCUT2D eigenvalue weighted by atomic mass is 16.6. The number of nitrogens with two attached hydrogens (primary N) is 1. The third-order valence-corrected chi connectivity index (χ3v) is 1.35. The van der Waals surface area contributed by atoms with Crippen LogP contribution in [-0.4, -0.2) is 9.91 Å². The Labute approximate surface area is 66.6 Å². The van der Waals surface area contributed by atoms with Gasteiger partial charge in [-0.05, 0) is 0 Å². The normalized spacial score (nSPS) is 9.75. The van der Waals surface area contributed by atoms with E-state index in [1.54, 1.807) is 0 Å². The molecule has 0 aromatic carbocycles. The third kappa shape index (κ3) is 1.24. The van der Waals surface area contributed by atoms with Gasteiger partial charge in [-0.2, -0.15) is 14.3 Å². The fourth-order valence-electron chi connectivity index (χ4n) is 0.725. The van der Waals surface area contributed by atoms with Gasteiger partial charge < -0.3 is 5.73 Å². The summed E-state index contributed by atoms with van der Waals surface area (Å²) < 4.78 is 1.05. The quantitative estimate of drug-likeness (QED) is 0.311. The van der Waals surface area contributed by atoms with Crippen LogP contribution in [0.5, 0.6) is 0 Å². The lowest BCUT2D eigenvalue weighted by molar-refractivity contribution is -0.691. The van der Waals surface area contributed by atoms with Crippen molar-refractivity contribution in [2.24, 2.45) is 7.05 Å². The number of aromatic amines is 1. The molecule has 7 nitrogen and oxygen atoms in total. The molecule has 12 heavy (non-hydrogen) atoms. The number of nitro groups is 1. The third-order valence-electron chi connectivity index (χ3n) is 1.35. The predicted octanol–water partition coefficient (Wildman–Crippen LogP) is -1.31. The summed E-state index contributed by atoms with van der Waals surface area (Å²) in [6, 6.07) is 0. The van der Waals surface area contributed by atoms with Crippen molar-refractivity contribution >= 4 is 11.5 Å². The van der Waals surface area contributed by atoms with Crippen LogP contribution in [0.1, 0.15) is 0 Å². The number of nitrogens with one attached hydrogen (secondary N) is 1. The van der Waals surface area contributed by atoms with Crippen LogP contribution in [-0.2, 0) is 7.05 Å². The number of aromatic nitrogens is 2. The number of rotatable bonds is 1. The first kappa shape index (κ1) is 8.18. The van der Waals surface area contributed by atoms with Crippen molar-refractivity contribution in [2.45, 2.75) is 0 Å².